The number of rotatable bonds is 6. The van der Waals surface area contributed by atoms with Crippen molar-refractivity contribution in [1.82, 2.24) is 5.32 Å². The summed E-state index contributed by atoms with van der Waals surface area (Å²) in [4.78, 5) is 11.9. The molecule has 0 aromatic heterocycles. The molecule has 4 heteroatoms. The zero-order valence-corrected chi connectivity index (χ0v) is 11.1. The first kappa shape index (κ1) is 14.5. The van der Waals surface area contributed by atoms with Gasteiger partial charge in [-0.05, 0) is 37.5 Å². The average Bonchev–Trinajstić information content (AvgIpc) is 2.29. The third-order valence-electron chi connectivity index (χ3n) is 3.20. The summed E-state index contributed by atoms with van der Waals surface area (Å²) in [5, 5.41) is 12.0. The molecule has 0 aliphatic heterocycles. The Labute approximate surface area is 108 Å². The molecule has 100 valence electrons. The van der Waals surface area contributed by atoms with Crippen molar-refractivity contribution in [3.63, 3.8) is 0 Å². The Hall–Kier alpha value is -1.55. The molecule has 1 unspecified atom stereocenters. The fraction of sp³-hybridized carbons (Fsp3) is 0.500. The Morgan fingerprint density at radius 3 is 2.78 bits per heavy atom. The first-order valence-electron chi connectivity index (χ1n) is 6.25. The first-order valence-corrected chi connectivity index (χ1v) is 6.25. The molecule has 0 bridgehead atoms. The van der Waals surface area contributed by atoms with Crippen LogP contribution in [-0.2, 0) is 11.2 Å². The number of aliphatic hydroxyl groups excluding tert-OH is 1. The van der Waals surface area contributed by atoms with Gasteiger partial charge in [0.2, 0.25) is 5.91 Å². The van der Waals surface area contributed by atoms with E-state index in [0.29, 0.717) is 18.5 Å². The molecule has 0 radical (unpaired) electrons. The van der Waals surface area contributed by atoms with Crippen LogP contribution in [0.2, 0.25) is 0 Å². The number of aliphatic hydroxyl groups is 1. The van der Waals surface area contributed by atoms with E-state index >= 15 is 0 Å². The van der Waals surface area contributed by atoms with Crippen molar-refractivity contribution in [2.45, 2.75) is 38.6 Å². The van der Waals surface area contributed by atoms with Crippen LogP contribution in [0.25, 0.3) is 0 Å². The van der Waals surface area contributed by atoms with Gasteiger partial charge in [-0.1, -0.05) is 19.1 Å². The fourth-order valence-electron chi connectivity index (χ4n) is 1.84. The van der Waals surface area contributed by atoms with E-state index in [4.69, 9.17) is 10.8 Å². The van der Waals surface area contributed by atoms with Crippen LogP contribution in [0, 0.1) is 0 Å². The van der Waals surface area contributed by atoms with Crippen LogP contribution in [0.15, 0.2) is 24.3 Å². The van der Waals surface area contributed by atoms with Crippen molar-refractivity contribution in [3.05, 3.63) is 29.8 Å². The average molecular weight is 250 g/mol. The summed E-state index contributed by atoms with van der Waals surface area (Å²) in [6.45, 7) is 4.01. The van der Waals surface area contributed by atoms with E-state index in [1.54, 1.807) is 12.1 Å². The molecule has 18 heavy (non-hydrogen) atoms. The Bertz CT molecular complexity index is 407. The highest BCUT2D eigenvalue weighted by Crippen LogP contribution is 2.14. The van der Waals surface area contributed by atoms with Crippen LogP contribution >= 0.6 is 0 Å². The van der Waals surface area contributed by atoms with Crippen molar-refractivity contribution in [1.29, 1.82) is 0 Å². The number of carbonyl (C=O) groups is 1. The zero-order chi connectivity index (χ0) is 13.6. The molecule has 0 saturated carbocycles. The van der Waals surface area contributed by atoms with Gasteiger partial charge in [0.25, 0.3) is 0 Å². The van der Waals surface area contributed by atoms with E-state index in [1.807, 2.05) is 26.0 Å². The molecule has 0 aliphatic rings. The van der Waals surface area contributed by atoms with Gasteiger partial charge < -0.3 is 16.2 Å². The van der Waals surface area contributed by atoms with Gasteiger partial charge in [-0.3, -0.25) is 4.79 Å². The minimum Gasteiger partial charge on any atom is -0.399 e. The maximum Gasteiger partial charge on any atom is 0.224 e. The lowest BCUT2D eigenvalue weighted by molar-refractivity contribution is -0.122. The highest BCUT2D eigenvalue weighted by molar-refractivity contribution is 5.79. The second kappa shape index (κ2) is 6.40. The van der Waals surface area contributed by atoms with Crippen LogP contribution < -0.4 is 11.1 Å². The van der Waals surface area contributed by atoms with E-state index in [0.717, 1.165) is 12.0 Å². The summed E-state index contributed by atoms with van der Waals surface area (Å²) in [7, 11) is 0. The summed E-state index contributed by atoms with van der Waals surface area (Å²) in [5.41, 5.74) is 6.89. The highest BCUT2D eigenvalue weighted by Gasteiger charge is 2.23. The van der Waals surface area contributed by atoms with E-state index in [2.05, 4.69) is 5.32 Å². The van der Waals surface area contributed by atoms with Gasteiger partial charge in [0.05, 0.1) is 6.42 Å². The minimum atomic E-state index is -0.341. The Morgan fingerprint density at radius 1 is 1.50 bits per heavy atom. The van der Waals surface area contributed by atoms with Crippen molar-refractivity contribution in [2.75, 3.05) is 12.3 Å². The number of hydrogen-bond acceptors (Lipinski definition) is 3. The predicted molar refractivity (Wildman–Crippen MR) is 73.1 cm³/mol. The number of nitrogen functional groups attached to an aromatic ring is 1. The standard InChI is InChI=1S/C14H22N2O2/c1-3-14(2,7-8-17)16-13(18)10-11-5-4-6-12(15)9-11/h4-6,9,17H,3,7-8,10,15H2,1-2H3,(H,16,18). The lowest BCUT2D eigenvalue weighted by Gasteiger charge is -2.29. The molecule has 0 spiro atoms. The Morgan fingerprint density at radius 2 is 2.22 bits per heavy atom. The third-order valence-corrected chi connectivity index (χ3v) is 3.20. The summed E-state index contributed by atoms with van der Waals surface area (Å²) >= 11 is 0. The molecule has 4 N–H and O–H groups in total. The van der Waals surface area contributed by atoms with Crippen molar-refractivity contribution in [3.8, 4) is 0 Å². The van der Waals surface area contributed by atoms with Crippen molar-refractivity contribution < 1.29 is 9.90 Å². The van der Waals surface area contributed by atoms with Crippen LogP contribution in [0.4, 0.5) is 5.69 Å². The van der Waals surface area contributed by atoms with Crippen LogP contribution in [0.5, 0.6) is 0 Å². The molecule has 0 saturated heterocycles. The zero-order valence-electron chi connectivity index (χ0n) is 11.1. The SMILES string of the molecule is CCC(C)(CCO)NC(=O)Cc1cccc(N)c1. The summed E-state index contributed by atoms with van der Waals surface area (Å²) < 4.78 is 0. The summed E-state index contributed by atoms with van der Waals surface area (Å²) in [6, 6.07) is 7.31. The number of benzene rings is 1. The maximum atomic E-state index is 11.9. The van der Waals surface area contributed by atoms with Gasteiger partial charge in [0, 0.05) is 17.8 Å². The normalized spacial score (nSPS) is 13.9. The number of carbonyl (C=O) groups excluding carboxylic acids is 1. The number of nitrogens with two attached hydrogens (primary N) is 1. The summed E-state index contributed by atoms with van der Waals surface area (Å²) in [6.07, 6.45) is 1.66. The minimum absolute atomic E-state index is 0.0431. The van der Waals surface area contributed by atoms with Gasteiger partial charge in [0.15, 0.2) is 0 Å². The lowest BCUT2D eigenvalue weighted by Crippen LogP contribution is -2.46. The van der Waals surface area contributed by atoms with Gasteiger partial charge in [0.1, 0.15) is 0 Å². The number of anilines is 1. The number of amides is 1. The molecule has 1 aromatic rings. The third kappa shape index (κ3) is 4.37. The van der Waals surface area contributed by atoms with E-state index in [9.17, 15) is 4.79 Å². The van der Waals surface area contributed by atoms with E-state index in [1.165, 1.54) is 0 Å². The van der Waals surface area contributed by atoms with Gasteiger partial charge >= 0.3 is 0 Å². The molecule has 0 aliphatic carbocycles. The van der Waals surface area contributed by atoms with Gasteiger partial charge in [-0.25, -0.2) is 0 Å². The van der Waals surface area contributed by atoms with E-state index < -0.39 is 0 Å². The predicted octanol–water partition coefficient (Wildman–Crippen LogP) is 1.48. The van der Waals surface area contributed by atoms with Crippen LogP contribution in [0.3, 0.4) is 0 Å². The molecule has 1 aromatic carbocycles. The Balaban J connectivity index is 2.61. The number of nitrogens with one attached hydrogen (secondary N) is 1. The largest absolute Gasteiger partial charge is 0.399 e. The molecule has 0 heterocycles. The second-order valence-corrected chi connectivity index (χ2v) is 4.86. The Kier molecular flexibility index (Phi) is 5.16. The molecule has 4 nitrogen and oxygen atoms in total. The first-order chi connectivity index (χ1) is 8.49. The monoisotopic (exact) mass is 250 g/mol. The van der Waals surface area contributed by atoms with Crippen molar-refractivity contribution in [2.24, 2.45) is 0 Å². The topological polar surface area (TPSA) is 75.3 Å². The quantitative estimate of drug-likeness (QED) is 0.669. The second-order valence-electron chi connectivity index (χ2n) is 4.86. The highest BCUT2D eigenvalue weighted by atomic mass is 16.3. The lowest BCUT2D eigenvalue weighted by atomic mass is 9.94. The van der Waals surface area contributed by atoms with Gasteiger partial charge in [-0.2, -0.15) is 0 Å². The molecule has 0 fully saturated rings. The maximum absolute atomic E-state index is 11.9. The van der Waals surface area contributed by atoms with E-state index in [-0.39, 0.29) is 18.1 Å². The molecule has 1 amide bonds. The van der Waals surface area contributed by atoms with Gasteiger partial charge in [-0.15, -0.1) is 0 Å². The van der Waals surface area contributed by atoms with Crippen LogP contribution in [-0.4, -0.2) is 23.2 Å². The fourth-order valence-corrected chi connectivity index (χ4v) is 1.84. The molecule has 1 rings (SSSR count). The molecule has 1 atom stereocenters. The smallest absolute Gasteiger partial charge is 0.224 e. The summed E-state index contributed by atoms with van der Waals surface area (Å²) in [5.74, 6) is -0.0431. The molecular weight excluding hydrogens is 228 g/mol. The number of hydrogen-bond donors (Lipinski definition) is 3. The van der Waals surface area contributed by atoms with Crippen LogP contribution in [0.1, 0.15) is 32.3 Å². The van der Waals surface area contributed by atoms with Crippen molar-refractivity contribution >= 4 is 11.6 Å². The molecular formula is C14H22N2O2.